The Bertz CT molecular complexity index is 1780. The molecular weight excluding hydrogens is 867 g/mol. The third-order valence-corrected chi connectivity index (χ3v) is 14.3. The molecule has 0 spiro atoms. The summed E-state index contributed by atoms with van der Waals surface area (Å²) >= 11 is 0. The van der Waals surface area contributed by atoms with Crippen LogP contribution in [0.2, 0.25) is 0 Å². The number of likely N-dealkylation sites (tertiary alicyclic amines) is 1. The average Bonchev–Trinajstić information content (AvgIpc) is 3.30. The molecule has 0 aromatic rings. The first kappa shape index (κ1) is 57.5. The van der Waals surface area contributed by atoms with E-state index in [2.05, 4.69) is 0 Å². The average molecular weight is 946 g/mol. The molecule has 0 aromatic carbocycles. The van der Waals surface area contributed by atoms with Crippen molar-refractivity contribution in [3.05, 3.63) is 35.5 Å². The Morgan fingerprint density at radius 1 is 0.896 bits per heavy atom. The molecule has 0 aromatic heterocycles. The van der Waals surface area contributed by atoms with E-state index in [1.807, 2.05) is 13.8 Å². The highest BCUT2D eigenvalue weighted by Crippen LogP contribution is 2.37. The molecule has 3 N–H and O–H groups in total. The number of rotatable bonds is 26. The van der Waals surface area contributed by atoms with Crippen LogP contribution in [0.25, 0.3) is 0 Å². The molecule has 67 heavy (non-hydrogen) atoms. The number of nitrogens with zero attached hydrogens (tertiary/aromatic N) is 1. The van der Waals surface area contributed by atoms with E-state index >= 15 is 0 Å². The number of ketones is 3. The summed E-state index contributed by atoms with van der Waals surface area (Å²) in [5.41, 5.74) is 0.970. The molecular formula is C51H79NO15. The van der Waals surface area contributed by atoms with Crippen molar-refractivity contribution in [2.75, 3.05) is 27.9 Å². The number of aliphatic hydroxyl groups is 3. The van der Waals surface area contributed by atoms with Gasteiger partial charge in [-0.1, -0.05) is 46.8 Å². The van der Waals surface area contributed by atoms with Crippen LogP contribution in [0.15, 0.2) is 35.5 Å². The number of carbonyl (C=O) groups excluding carboxylic acids is 7. The lowest BCUT2D eigenvalue weighted by Gasteiger charge is -2.42. The number of hydrogen-bond donors (Lipinski definition) is 3. The van der Waals surface area contributed by atoms with Crippen molar-refractivity contribution in [3.63, 3.8) is 0 Å². The Kier molecular flexibility index (Phi) is 23.6. The van der Waals surface area contributed by atoms with Gasteiger partial charge in [-0.05, 0) is 119 Å². The molecule has 0 radical (unpaired) electrons. The Hall–Kier alpha value is -3.77. The maximum atomic E-state index is 14.4. The van der Waals surface area contributed by atoms with Crippen molar-refractivity contribution >= 4 is 41.8 Å². The van der Waals surface area contributed by atoms with Crippen LogP contribution in [0.3, 0.4) is 0 Å². The molecule has 1 amide bonds. The van der Waals surface area contributed by atoms with Crippen LogP contribution < -0.4 is 0 Å². The molecule has 2 aliphatic heterocycles. The van der Waals surface area contributed by atoms with Crippen LogP contribution in [-0.2, 0) is 57.2 Å². The highest BCUT2D eigenvalue weighted by Gasteiger charge is 2.53. The van der Waals surface area contributed by atoms with Gasteiger partial charge in [0.25, 0.3) is 11.7 Å². The van der Waals surface area contributed by atoms with Gasteiger partial charge in [-0.2, -0.15) is 0 Å². The van der Waals surface area contributed by atoms with Crippen LogP contribution in [0.5, 0.6) is 0 Å². The van der Waals surface area contributed by atoms with Crippen molar-refractivity contribution in [2.24, 2.45) is 35.5 Å². The minimum absolute atomic E-state index is 0.0467. The molecule has 3 aliphatic rings. The third kappa shape index (κ3) is 15.9. The molecule has 1 aliphatic carbocycles. The first-order valence-corrected chi connectivity index (χ1v) is 24.1. The summed E-state index contributed by atoms with van der Waals surface area (Å²) < 4.78 is 28.8. The molecule has 5 unspecified atom stereocenters. The zero-order valence-corrected chi connectivity index (χ0v) is 41.4. The fourth-order valence-corrected chi connectivity index (χ4v) is 9.93. The van der Waals surface area contributed by atoms with Gasteiger partial charge < -0.3 is 43.9 Å². The number of esters is 1. The number of Topliss-reactive ketones (excluding diaryl/α,β-unsaturated/α-hetero) is 3. The molecule has 15 atom stereocenters. The monoisotopic (exact) mass is 946 g/mol. The molecule has 1 saturated carbocycles. The highest BCUT2D eigenvalue weighted by molar-refractivity contribution is 6.39. The number of amides is 1. The quantitative estimate of drug-likeness (QED) is 0.0341. The number of carbonyl (C=O) groups is 7. The highest BCUT2D eigenvalue weighted by atomic mass is 16.6. The summed E-state index contributed by atoms with van der Waals surface area (Å²) in [5.74, 6) is -8.60. The summed E-state index contributed by atoms with van der Waals surface area (Å²) in [6, 6.07) is -1.19. The Balaban J connectivity index is 1.85. The van der Waals surface area contributed by atoms with E-state index in [4.69, 9.17) is 23.7 Å². The van der Waals surface area contributed by atoms with Crippen molar-refractivity contribution in [1.82, 2.24) is 4.90 Å². The summed E-state index contributed by atoms with van der Waals surface area (Å²) in [6.45, 7) is 12.1. The van der Waals surface area contributed by atoms with Gasteiger partial charge in [-0.3, -0.25) is 28.8 Å². The van der Waals surface area contributed by atoms with E-state index in [1.165, 1.54) is 26.4 Å². The first-order valence-electron chi connectivity index (χ1n) is 24.1. The maximum absolute atomic E-state index is 14.4. The molecule has 2 saturated heterocycles. The third-order valence-electron chi connectivity index (χ3n) is 14.3. The van der Waals surface area contributed by atoms with Crippen molar-refractivity contribution in [2.45, 2.75) is 180 Å². The Morgan fingerprint density at radius 3 is 2.22 bits per heavy atom. The van der Waals surface area contributed by atoms with Crippen molar-refractivity contribution in [3.8, 4) is 0 Å². The molecule has 0 bridgehead atoms. The van der Waals surface area contributed by atoms with E-state index in [9.17, 15) is 48.9 Å². The van der Waals surface area contributed by atoms with E-state index in [1.54, 1.807) is 53.9 Å². The zero-order valence-electron chi connectivity index (χ0n) is 41.4. The van der Waals surface area contributed by atoms with Gasteiger partial charge in [-0.15, -0.1) is 0 Å². The lowest BCUT2D eigenvalue weighted by Crippen LogP contribution is -2.61. The molecule has 16 nitrogen and oxygen atoms in total. The normalized spacial score (nSPS) is 28.9. The second-order valence-electron chi connectivity index (χ2n) is 19.5. The summed E-state index contributed by atoms with van der Waals surface area (Å²) in [4.78, 5) is 93.1. The predicted molar refractivity (Wildman–Crippen MR) is 248 cm³/mol. The molecule has 378 valence electrons. The number of allylic oxidation sites excluding steroid dienone is 4. The van der Waals surface area contributed by atoms with Crippen molar-refractivity contribution in [1.29, 1.82) is 0 Å². The van der Waals surface area contributed by atoms with Crippen LogP contribution in [0, 0.1) is 35.5 Å². The number of methoxy groups -OCH3 is 3. The summed E-state index contributed by atoms with van der Waals surface area (Å²) in [7, 11) is 4.35. The minimum Gasteiger partial charge on any atom is -0.460 e. The molecule has 3 fully saturated rings. The lowest BCUT2D eigenvalue weighted by molar-refractivity contribution is -0.265. The molecule has 16 heteroatoms. The SMILES string of the molecule is COC1C[C@H](C[C@@H](C)[C@H](CC(=O)[C@H](C)/C=C(\C)[C@@H](O)C(OC)C(=O)C(C)CC(C)/C=C/C=O)OC(=O)C2CCCCN2C(=O)C(=O)[C@]2(O)O[C@H](C[C@H](OC)/C(C)=C/C=O)CC[C@H]2C)CC[C@H]1O. The largest absolute Gasteiger partial charge is 0.460 e. The van der Waals surface area contributed by atoms with Crippen LogP contribution >= 0.6 is 0 Å². The van der Waals surface area contributed by atoms with Gasteiger partial charge in [0, 0.05) is 58.5 Å². The Morgan fingerprint density at radius 2 is 1.60 bits per heavy atom. The maximum Gasteiger partial charge on any atom is 0.329 e. The van der Waals surface area contributed by atoms with E-state index in [0.29, 0.717) is 81.5 Å². The van der Waals surface area contributed by atoms with Crippen LogP contribution in [0.1, 0.15) is 126 Å². The predicted octanol–water partition coefficient (Wildman–Crippen LogP) is 5.01. The first-order chi connectivity index (χ1) is 31.7. The summed E-state index contributed by atoms with van der Waals surface area (Å²) in [6.07, 6.45) is 6.39. The number of ether oxygens (including phenoxy) is 5. The lowest BCUT2D eigenvalue weighted by atomic mass is 9.78. The molecule has 3 rings (SSSR count). The molecule has 2 heterocycles. The fraction of sp³-hybridized carbons (Fsp3) is 0.745. The van der Waals surface area contributed by atoms with Gasteiger partial charge in [0.2, 0.25) is 5.79 Å². The summed E-state index contributed by atoms with van der Waals surface area (Å²) in [5, 5.41) is 33.6. The van der Waals surface area contributed by atoms with E-state index < -0.39 is 83.9 Å². The number of aliphatic hydroxyl groups excluding tert-OH is 2. The topological polar surface area (TPSA) is 230 Å². The second-order valence-corrected chi connectivity index (χ2v) is 19.5. The van der Waals surface area contributed by atoms with E-state index in [0.717, 1.165) is 4.90 Å². The number of hydrogen-bond acceptors (Lipinski definition) is 15. The number of aldehydes is 2. The van der Waals surface area contributed by atoms with Crippen LogP contribution in [0.4, 0.5) is 0 Å². The van der Waals surface area contributed by atoms with Gasteiger partial charge in [0.15, 0.2) is 5.78 Å². The second kappa shape index (κ2) is 27.4. The Labute approximate surface area is 397 Å². The van der Waals surface area contributed by atoms with E-state index in [-0.39, 0.29) is 61.2 Å². The van der Waals surface area contributed by atoms with Crippen LogP contribution in [-0.4, -0.2) is 144 Å². The zero-order chi connectivity index (χ0) is 50.2. The van der Waals surface area contributed by atoms with Gasteiger partial charge in [0.05, 0.1) is 24.4 Å². The minimum atomic E-state index is -2.48. The van der Waals surface area contributed by atoms with Gasteiger partial charge in [-0.25, -0.2) is 4.79 Å². The number of piperidine rings is 1. The van der Waals surface area contributed by atoms with Gasteiger partial charge >= 0.3 is 5.97 Å². The standard InChI is InChI=1S/C51H79NO15/c1-30(14-13-22-53)24-34(5)45(57)47(65-10)46(58)35(6)25-32(3)41(56)29-43(33(4)26-37-17-19-40(55)44(27-37)64-9)66-50(61)39-15-11-12-21-52(39)49(60)48(59)51(62)36(7)16-18-38(67-51)28-42(63-8)31(2)20-23-54/h13-14,20,22-23,25,30,32-34,36-40,42-44,46-47,55,58,62H,11-12,15-19,21,24,26-29H2,1-10H3/b14-13+,31-20+,35-25+/t30?,32-,33-,34?,36-,37+,38+,39?,40-,42+,43+,44?,46-,47?,51-/m1/s1. The van der Waals surface area contributed by atoms with Crippen molar-refractivity contribution < 1.29 is 72.6 Å². The van der Waals surface area contributed by atoms with Gasteiger partial charge in [0.1, 0.15) is 42.7 Å². The fourth-order valence-electron chi connectivity index (χ4n) is 9.93. The smallest absolute Gasteiger partial charge is 0.329 e.